The predicted octanol–water partition coefficient (Wildman–Crippen LogP) is -0.0562. The van der Waals surface area contributed by atoms with Gasteiger partial charge in [-0.05, 0) is 32.7 Å². The Bertz CT molecular complexity index is 399. The lowest BCUT2D eigenvalue weighted by Gasteiger charge is -2.20. The normalized spacial score (nSPS) is 20.2. The molecular weight excluding hydrogens is 278 g/mol. The van der Waals surface area contributed by atoms with E-state index in [1.54, 1.807) is 0 Å². The highest BCUT2D eigenvalue weighted by Crippen LogP contribution is 2.17. The first-order valence-corrected chi connectivity index (χ1v) is 7.02. The Morgan fingerprint density at radius 3 is 2.43 bits per heavy atom. The zero-order valence-corrected chi connectivity index (χ0v) is 12.3. The lowest BCUT2D eigenvalue weighted by atomic mass is 10.1. The van der Waals surface area contributed by atoms with Crippen LogP contribution < -0.4 is 10.6 Å². The van der Waals surface area contributed by atoms with Crippen LogP contribution in [0.15, 0.2) is 0 Å². The van der Waals surface area contributed by atoms with E-state index in [-0.39, 0.29) is 0 Å². The van der Waals surface area contributed by atoms with Crippen molar-refractivity contribution >= 4 is 18.0 Å². The topological polar surface area (TPSA) is 119 Å². The van der Waals surface area contributed by atoms with Gasteiger partial charge in [0.2, 0.25) is 0 Å². The maximum Gasteiger partial charge on any atom is 0.326 e. The fourth-order valence-electron chi connectivity index (χ4n) is 2.32. The summed E-state index contributed by atoms with van der Waals surface area (Å²) in [4.78, 5) is 35.3. The van der Waals surface area contributed by atoms with Crippen molar-refractivity contribution in [3.05, 3.63) is 0 Å². The Kier molecular flexibility index (Phi) is 6.41. The van der Waals surface area contributed by atoms with E-state index in [2.05, 4.69) is 29.4 Å². The molecule has 0 spiro atoms. The van der Waals surface area contributed by atoms with Gasteiger partial charge in [0.05, 0.1) is 6.42 Å². The van der Waals surface area contributed by atoms with E-state index in [1.807, 2.05) is 0 Å². The van der Waals surface area contributed by atoms with Gasteiger partial charge in [-0.3, -0.25) is 4.79 Å². The Morgan fingerprint density at radius 1 is 1.29 bits per heavy atom. The van der Waals surface area contributed by atoms with Gasteiger partial charge in [-0.25, -0.2) is 9.59 Å². The van der Waals surface area contributed by atoms with Crippen LogP contribution in [0.2, 0.25) is 0 Å². The summed E-state index contributed by atoms with van der Waals surface area (Å²) in [5, 5.41) is 22.2. The Labute approximate surface area is 123 Å². The monoisotopic (exact) mass is 301 g/mol. The highest BCUT2D eigenvalue weighted by atomic mass is 16.4. The number of nitrogens with one attached hydrogen (secondary N) is 2. The van der Waals surface area contributed by atoms with E-state index >= 15 is 0 Å². The average molecular weight is 301 g/mol. The Morgan fingerprint density at radius 2 is 1.95 bits per heavy atom. The summed E-state index contributed by atoms with van der Waals surface area (Å²) < 4.78 is 0. The van der Waals surface area contributed by atoms with Gasteiger partial charge in [-0.15, -0.1) is 0 Å². The van der Waals surface area contributed by atoms with Gasteiger partial charge in [0.1, 0.15) is 6.04 Å². The molecule has 4 N–H and O–H groups in total. The zero-order valence-electron chi connectivity index (χ0n) is 12.3. The summed E-state index contributed by atoms with van der Waals surface area (Å²) in [5.41, 5.74) is 0. The second-order valence-electron chi connectivity index (χ2n) is 5.59. The number of carboxylic acid groups (broad SMARTS) is 2. The highest BCUT2D eigenvalue weighted by Gasteiger charge is 2.26. The maximum atomic E-state index is 11.6. The van der Waals surface area contributed by atoms with Crippen LogP contribution in [0.5, 0.6) is 0 Å². The van der Waals surface area contributed by atoms with Crippen molar-refractivity contribution in [1.82, 2.24) is 15.5 Å². The highest BCUT2D eigenvalue weighted by molar-refractivity contribution is 5.86. The first-order valence-electron chi connectivity index (χ1n) is 7.02. The molecule has 0 aromatic carbocycles. The fraction of sp³-hybridized carbons (Fsp3) is 0.769. The third kappa shape index (κ3) is 5.99. The van der Waals surface area contributed by atoms with Gasteiger partial charge in [-0.2, -0.15) is 0 Å². The lowest BCUT2D eigenvalue weighted by Crippen LogP contribution is -2.48. The van der Waals surface area contributed by atoms with Crippen LogP contribution in [0.1, 0.15) is 26.7 Å². The van der Waals surface area contributed by atoms with E-state index < -0.39 is 30.4 Å². The number of rotatable bonds is 7. The predicted molar refractivity (Wildman–Crippen MR) is 75.0 cm³/mol. The van der Waals surface area contributed by atoms with E-state index in [0.29, 0.717) is 18.5 Å². The molecule has 0 radical (unpaired) electrons. The molecule has 0 bridgehead atoms. The third-order valence-corrected chi connectivity index (χ3v) is 3.58. The minimum Gasteiger partial charge on any atom is -0.481 e. The molecule has 2 amide bonds. The van der Waals surface area contributed by atoms with E-state index in [9.17, 15) is 14.4 Å². The summed E-state index contributed by atoms with van der Waals surface area (Å²) in [5.74, 6) is -2.30. The average Bonchev–Trinajstić information content (AvgIpc) is 2.83. The molecule has 1 saturated heterocycles. The van der Waals surface area contributed by atoms with Crippen molar-refractivity contribution in [2.45, 2.75) is 38.8 Å². The molecule has 0 aliphatic carbocycles. The summed E-state index contributed by atoms with van der Waals surface area (Å²) in [6.07, 6.45) is 0.337. The second-order valence-corrected chi connectivity index (χ2v) is 5.59. The zero-order chi connectivity index (χ0) is 16.0. The standard InChI is InChI=1S/C13H23N3O5/c1-8(2)16-4-3-9(7-16)6-14-13(21)15-10(12(19)20)5-11(17)18/h8-10H,3-7H2,1-2H3,(H,17,18)(H,19,20)(H2,14,15,21). The number of carbonyl (C=O) groups excluding carboxylic acids is 1. The van der Waals surface area contributed by atoms with Crippen LogP contribution in [0.4, 0.5) is 4.79 Å². The number of carboxylic acids is 2. The molecule has 1 aliphatic heterocycles. The van der Waals surface area contributed by atoms with Crippen molar-refractivity contribution in [3.63, 3.8) is 0 Å². The molecule has 1 aliphatic rings. The SMILES string of the molecule is CC(C)N1CCC(CNC(=O)NC(CC(=O)O)C(=O)O)C1. The van der Waals surface area contributed by atoms with Crippen molar-refractivity contribution in [3.8, 4) is 0 Å². The fourth-order valence-corrected chi connectivity index (χ4v) is 2.32. The molecular formula is C13H23N3O5. The van der Waals surface area contributed by atoms with Gasteiger partial charge in [-0.1, -0.05) is 0 Å². The molecule has 1 fully saturated rings. The third-order valence-electron chi connectivity index (χ3n) is 3.58. The van der Waals surface area contributed by atoms with Crippen molar-refractivity contribution in [1.29, 1.82) is 0 Å². The maximum absolute atomic E-state index is 11.6. The Hall–Kier alpha value is -1.83. The number of aliphatic carboxylic acids is 2. The van der Waals surface area contributed by atoms with Gasteiger partial charge >= 0.3 is 18.0 Å². The van der Waals surface area contributed by atoms with Crippen molar-refractivity contribution in [2.75, 3.05) is 19.6 Å². The Balaban J connectivity index is 2.33. The summed E-state index contributed by atoms with van der Waals surface area (Å²) >= 11 is 0. The minimum absolute atomic E-state index is 0.334. The smallest absolute Gasteiger partial charge is 0.326 e. The van der Waals surface area contributed by atoms with Gasteiger partial charge < -0.3 is 25.7 Å². The molecule has 21 heavy (non-hydrogen) atoms. The first-order chi connectivity index (χ1) is 9.79. The van der Waals surface area contributed by atoms with Gasteiger partial charge in [0.25, 0.3) is 0 Å². The molecule has 1 heterocycles. The van der Waals surface area contributed by atoms with Crippen molar-refractivity contribution in [2.24, 2.45) is 5.92 Å². The first kappa shape index (κ1) is 17.2. The summed E-state index contributed by atoms with van der Waals surface area (Å²) in [6, 6.07) is -1.60. The number of urea groups is 1. The number of hydrogen-bond acceptors (Lipinski definition) is 4. The van der Waals surface area contributed by atoms with E-state index in [1.165, 1.54) is 0 Å². The molecule has 0 aromatic heterocycles. The molecule has 8 heteroatoms. The number of hydrogen-bond donors (Lipinski definition) is 4. The molecule has 120 valence electrons. The number of carbonyl (C=O) groups is 3. The lowest BCUT2D eigenvalue weighted by molar-refractivity contribution is -0.145. The summed E-state index contributed by atoms with van der Waals surface area (Å²) in [7, 11) is 0. The van der Waals surface area contributed by atoms with Crippen molar-refractivity contribution < 1.29 is 24.6 Å². The summed E-state index contributed by atoms with van der Waals surface area (Å²) in [6.45, 7) is 6.57. The van der Waals surface area contributed by atoms with Crippen LogP contribution in [-0.4, -0.2) is 64.8 Å². The number of likely N-dealkylation sites (tertiary alicyclic amines) is 1. The van der Waals surface area contributed by atoms with E-state index in [4.69, 9.17) is 10.2 Å². The molecule has 0 saturated carbocycles. The van der Waals surface area contributed by atoms with Gasteiger partial charge in [0.15, 0.2) is 0 Å². The molecule has 2 atom stereocenters. The number of amides is 2. The molecule has 1 rings (SSSR count). The van der Waals surface area contributed by atoms with Crippen LogP contribution in [-0.2, 0) is 9.59 Å². The quantitative estimate of drug-likeness (QED) is 0.523. The van der Waals surface area contributed by atoms with Crippen LogP contribution in [0.3, 0.4) is 0 Å². The largest absolute Gasteiger partial charge is 0.481 e. The second kappa shape index (κ2) is 7.82. The van der Waals surface area contributed by atoms with Gasteiger partial charge in [0, 0.05) is 19.1 Å². The molecule has 0 aromatic rings. The van der Waals surface area contributed by atoms with E-state index in [0.717, 1.165) is 19.5 Å². The number of nitrogens with zero attached hydrogens (tertiary/aromatic N) is 1. The molecule has 2 unspecified atom stereocenters. The molecule has 8 nitrogen and oxygen atoms in total. The van der Waals surface area contributed by atoms with Crippen LogP contribution in [0, 0.1) is 5.92 Å². The van der Waals surface area contributed by atoms with Crippen LogP contribution >= 0.6 is 0 Å². The van der Waals surface area contributed by atoms with Crippen LogP contribution in [0.25, 0.3) is 0 Å². The minimum atomic E-state index is -1.42.